The van der Waals surface area contributed by atoms with Crippen molar-refractivity contribution in [1.82, 2.24) is 9.62 Å². The first-order valence-electron chi connectivity index (χ1n) is 8.51. The van der Waals surface area contributed by atoms with Crippen LogP contribution in [-0.4, -0.2) is 39.5 Å². The maximum absolute atomic E-state index is 12.6. The van der Waals surface area contributed by atoms with Crippen molar-refractivity contribution in [1.29, 1.82) is 0 Å². The van der Waals surface area contributed by atoms with E-state index in [4.69, 9.17) is 16.3 Å². The summed E-state index contributed by atoms with van der Waals surface area (Å²) in [4.78, 5) is 13.9. The lowest BCUT2D eigenvalue weighted by molar-refractivity contribution is -0.136. The summed E-state index contributed by atoms with van der Waals surface area (Å²) in [5.41, 5.74) is 2.73. The number of ether oxygens (including phenoxy) is 1. The van der Waals surface area contributed by atoms with Gasteiger partial charge in [-0.2, -0.15) is 0 Å². The minimum absolute atomic E-state index is 0.0238. The van der Waals surface area contributed by atoms with Crippen molar-refractivity contribution >= 4 is 27.5 Å². The summed E-state index contributed by atoms with van der Waals surface area (Å²) in [5.74, 6) is -0.0997. The van der Waals surface area contributed by atoms with Crippen molar-refractivity contribution in [2.45, 2.75) is 24.4 Å². The molecule has 0 atom stereocenters. The van der Waals surface area contributed by atoms with E-state index in [9.17, 15) is 13.2 Å². The van der Waals surface area contributed by atoms with Crippen LogP contribution in [-0.2, 0) is 39.1 Å². The fourth-order valence-electron chi connectivity index (χ4n) is 2.99. The van der Waals surface area contributed by atoms with Crippen LogP contribution in [0.2, 0.25) is 5.02 Å². The number of hydrogen-bond acceptors (Lipinski definition) is 4. The van der Waals surface area contributed by atoms with Gasteiger partial charge in [0.25, 0.3) is 0 Å². The van der Waals surface area contributed by atoms with Crippen LogP contribution < -0.4 is 4.72 Å². The van der Waals surface area contributed by atoms with Crippen molar-refractivity contribution in [2.24, 2.45) is 0 Å². The molecule has 2 aromatic carbocycles. The normalized spacial score (nSPS) is 14.1. The molecule has 0 saturated carbocycles. The van der Waals surface area contributed by atoms with Crippen LogP contribution in [0.3, 0.4) is 0 Å². The van der Waals surface area contributed by atoms with E-state index in [1.54, 1.807) is 41.3 Å². The molecule has 2 aromatic rings. The first-order valence-corrected chi connectivity index (χ1v) is 10.4. The Kier molecular flexibility index (Phi) is 6.16. The van der Waals surface area contributed by atoms with E-state index in [1.165, 1.54) is 7.11 Å². The average Bonchev–Trinajstić information content (AvgIpc) is 2.67. The third-order valence-electron chi connectivity index (χ3n) is 4.50. The summed E-state index contributed by atoms with van der Waals surface area (Å²) in [7, 11) is -2.18. The number of nitrogens with zero attached hydrogens (tertiary/aromatic N) is 1. The highest BCUT2D eigenvalue weighted by Gasteiger charge is 2.23. The average molecular weight is 409 g/mol. The SMILES string of the molecule is COCC(=O)N1CCc2ccc(S(=O)(=O)NCc3ccc(Cl)cc3)cc2C1. The smallest absolute Gasteiger partial charge is 0.248 e. The van der Waals surface area contributed by atoms with E-state index in [0.29, 0.717) is 24.5 Å². The molecule has 0 radical (unpaired) electrons. The molecule has 0 aromatic heterocycles. The molecule has 1 amide bonds. The minimum Gasteiger partial charge on any atom is -0.375 e. The molecule has 27 heavy (non-hydrogen) atoms. The predicted molar refractivity (Wildman–Crippen MR) is 103 cm³/mol. The van der Waals surface area contributed by atoms with Crippen molar-refractivity contribution < 1.29 is 17.9 Å². The van der Waals surface area contributed by atoms with E-state index in [-0.39, 0.29) is 24.0 Å². The number of hydrogen-bond donors (Lipinski definition) is 1. The lowest BCUT2D eigenvalue weighted by atomic mass is 10.00. The molecule has 1 heterocycles. The van der Waals surface area contributed by atoms with Crippen molar-refractivity contribution in [3.05, 3.63) is 64.2 Å². The number of carbonyl (C=O) groups excluding carboxylic acids is 1. The number of sulfonamides is 1. The molecular formula is C19H21ClN2O4S. The highest BCUT2D eigenvalue weighted by molar-refractivity contribution is 7.89. The van der Waals surface area contributed by atoms with Gasteiger partial charge in [-0.3, -0.25) is 4.79 Å². The van der Waals surface area contributed by atoms with Gasteiger partial charge in [0.1, 0.15) is 6.61 Å². The number of methoxy groups -OCH3 is 1. The van der Waals surface area contributed by atoms with E-state index in [0.717, 1.165) is 16.7 Å². The Bertz CT molecular complexity index is 929. The van der Waals surface area contributed by atoms with Gasteiger partial charge in [-0.15, -0.1) is 0 Å². The van der Waals surface area contributed by atoms with Crippen LogP contribution in [0.25, 0.3) is 0 Å². The fraction of sp³-hybridized carbons (Fsp3) is 0.316. The molecule has 0 bridgehead atoms. The molecular weight excluding hydrogens is 388 g/mol. The number of rotatable bonds is 6. The van der Waals surface area contributed by atoms with Gasteiger partial charge in [-0.05, 0) is 47.4 Å². The minimum atomic E-state index is -3.66. The molecule has 0 fully saturated rings. The van der Waals surface area contributed by atoms with E-state index < -0.39 is 10.0 Å². The molecule has 0 unspecified atom stereocenters. The van der Waals surface area contributed by atoms with Crippen LogP contribution in [0, 0.1) is 0 Å². The van der Waals surface area contributed by atoms with E-state index in [2.05, 4.69) is 4.72 Å². The molecule has 0 spiro atoms. The van der Waals surface area contributed by atoms with Gasteiger partial charge in [-0.1, -0.05) is 29.8 Å². The maximum atomic E-state index is 12.6. The second-order valence-corrected chi connectivity index (χ2v) is 8.58. The van der Waals surface area contributed by atoms with Crippen molar-refractivity contribution in [2.75, 3.05) is 20.3 Å². The van der Waals surface area contributed by atoms with E-state index in [1.807, 2.05) is 6.07 Å². The van der Waals surface area contributed by atoms with Crippen LogP contribution in [0.1, 0.15) is 16.7 Å². The summed E-state index contributed by atoms with van der Waals surface area (Å²) in [6.07, 6.45) is 0.698. The Hall–Kier alpha value is -1.93. The fourth-order valence-corrected chi connectivity index (χ4v) is 4.19. The van der Waals surface area contributed by atoms with Gasteiger partial charge in [0.15, 0.2) is 0 Å². The van der Waals surface area contributed by atoms with Crippen molar-refractivity contribution in [3.63, 3.8) is 0 Å². The van der Waals surface area contributed by atoms with Crippen LogP contribution in [0.15, 0.2) is 47.4 Å². The number of amides is 1. The lowest BCUT2D eigenvalue weighted by Gasteiger charge is -2.29. The van der Waals surface area contributed by atoms with Crippen LogP contribution in [0.4, 0.5) is 0 Å². The van der Waals surface area contributed by atoms with Gasteiger partial charge >= 0.3 is 0 Å². The highest BCUT2D eigenvalue weighted by Crippen LogP contribution is 2.23. The maximum Gasteiger partial charge on any atom is 0.248 e. The van der Waals surface area contributed by atoms with E-state index >= 15 is 0 Å². The van der Waals surface area contributed by atoms with Gasteiger partial charge < -0.3 is 9.64 Å². The standard InChI is InChI=1S/C19H21ClN2O4S/c1-26-13-19(23)22-9-8-15-4-7-18(10-16(15)12-22)27(24,25)21-11-14-2-5-17(20)6-3-14/h2-7,10,21H,8-9,11-13H2,1H3. The summed E-state index contributed by atoms with van der Waals surface area (Å²) in [5, 5.41) is 0.601. The van der Waals surface area contributed by atoms with Crippen LogP contribution in [0.5, 0.6) is 0 Å². The van der Waals surface area contributed by atoms with Gasteiger partial charge in [-0.25, -0.2) is 13.1 Å². The Balaban J connectivity index is 1.74. The first-order chi connectivity index (χ1) is 12.9. The zero-order valence-electron chi connectivity index (χ0n) is 14.9. The van der Waals surface area contributed by atoms with Crippen molar-refractivity contribution in [3.8, 4) is 0 Å². The molecule has 1 aliphatic heterocycles. The Morgan fingerprint density at radius 3 is 2.63 bits per heavy atom. The lowest BCUT2D eigenvalue weighted by Crippen LogP contribution is -2.38. The Morgan fingerprint density at radius 1 is 1.19 bits per heavy atom. The predicted octanol–water partition coefficient (Wildman–Crippen LogP) is 2.35. The third-order valence-corrected chi connectivity index (χ3v) is 6.15. The monoisotopic (exact) mass is 408 g/mol. The zero-order chi connectivity index (χ0) is 19.4. The largest absolute Gasteiger partial charge is 0.375 e. The molecule has 0 saturated heterocycles. The molecule has 1 aliphatic rings. The van der Waals surface area contributed by atoms with Crippen LogP contribution >= 0.6 is 11.6 Å². The topological polar surface area (TPSA) is 75.7 Å². The first kappa shape index (κ1) is 19.8. The Labute approximate surface area is 164 Å². The number of halogens is 1. The quantitative estimate of drug-likeness (QED) is 0.796. The molecule has 144 valence electrons. The summed E-state index contributed by atoms with van der Waals surface area (Å²) < 4.78 is 32.8. The number of benzene rings is 2. The van der Waals surface area contributed by atoms with Gasteiger partial charge in [0.05, 0.1) is 4.90 Å². The van der Waals surface area contributed by atoms with Gasteiger partial charge in [0.2, 0.25) is 15.9 Å². The highest BCUT2D eigenvalue weighted by atomic mass is 35.5. The number of nitrogens with one attached hydrogen (secondary N) is 1. The molecule has 0 aliphatic carbocycles. The second-order valence-electron chi connectivity index (χ2n) is 6.38. The molecule has 1 N–H and O–H groups in total. The van der Waals surface area contributed by atoms with Gasteiger partial charge in [0, 0.05) is 31.8 Å². The number of fused-ring (bicyclic) bond motifs is 1. The second kappa shape index (κ2) is 8.39. The third kappa shape index (κ3) is 4.87. The summed E-state index contributed by atoms with van der Waals surface area (Å²) >= 11 is 5.84. The molecule has 6 nitrogen and oxygen atoms in total. The summed E-state index contributed by atoms with van der Waals surface area (Å²) in [6, 6.07) is 12.1. The number of carbonyl (C=O) groups is 1. The molecule has 3 rings (SSSR count). The molecule has 8 heteroatoms. The Morgan fingerprint density at radius 2 is 1.93 bits per heavy atom. The summed E-state index contributed by atoms with van der Waals surface area (Å²) in [6.45, 7) is 1.19. The zero-order valence-corrected chi connectivity index (χ0v) is 16.5.